The van der Waals surface area contributed by atoms with Crippen molar-refractivity contribution in [1.29, 1.82) is 0 Å². The lowest BCUT2D eigenvalue weighted by molar-refractivity contribution is 1.03. The molecule has 0 fully saturated rings. The smallest absolute Gasteiger partial charge is 0.183 e. The number of aromatic amines is 2. The number of benzene rings is 2. The summed E-state index contributed by atoms with van der Waals surface area (Å²) < 4.78 is 4.04. The van der Waals surface area contributed by atoms with E-state index in [4.69, 9.17) is 12.2 Å². The van der Waals surface area contributed by atoms with Crippen LogP contribution in [0.4, 0.5) is 5.82 Å². The van der Waals surface area contributed by atoms with Crippen LogP contribution < -0.4 is 5.32 Å². The monoisotopic (exact) mass is 473 g/mol. The third kappa shape index (κ3) is 3.46. The van der Waals surface area contributed by atoms with E-state index in [-0.39, 0.29) is 0 Å². The van der Waals surface area contributed by atoms with Gasteiger partial charge in [0.1, 0.15) is 11.5 Å². The van der Waals surface area contributed by atoms with E-state index in [9.17, 15) is 0 Å². The van der Waals surface area contributed by atoms with Crippen LogP contribution in [0.2, 0.25) is 0 Å². The second kappa shape index (κ2) is 8.05. The van der Waals surface area contributed by atoms with E-state index in [1.807, 2.05) is 6.07 Å². The van der Waals surface area contributed by atoms with Gasteiger partial charge < -0.3 is 15.3 Å². The van der Waals surface area contributed by atoms with Crippen LogP contribution in [-0.2, 0) is 6.42 Å². The van der Waals surface area contributed by atoms with Gasteiger partial charge in [-0.2, -0.15) is 0 Å². The molecule has 32 heavy (non-hydrogen) atoms. The highest BCUT2D eigenvalue weighted by Gasteiger charge is 2.18. The summed E-state index contributed by atoms with van der Waals surface area (Å²) in [7, 11) is 0. The minimum Gasteiger partial charge on any atom is -0.369 e. The number of aromatic nitrogens is 4. The number of anilines is 1. The number of thiophene rings is 2. The predicted molar refractivity (Wildman–Crippen MR) is 138 cm³/mol. The van der Waals surface area contributed by atoms with E-state index in [1.165, 1.54) is 19.8 Å². The standard InChI is InChI=1S/C24H19N5S3/c30-24-28-23(25-10-9-17-5-3-11-31-17)22(21-12-15-4-1-2-6-20(15)32-21)29(24)16-7-8-18-19(13-16)27-14-26-18/h1-8,11-14,25H,9-10H2,(H,26,27)(H,28,30). The second-order valence-electron chi connectivity index (χ2n) is 7.50. The van der Waals surface area contributed by atoms with Crippen LogP contribution in [0.5, 0.6) is 0 Å². The van der Waals surface area contributed by atoms with Gasteiger partial charge in [-0.25, -0.2) is 4.98 Å². The van der Waals surface area contributed by atoms with Crippen molar-refractivity contribution >= 4 is 61.8 Å². The van der Waals surface area contributed by atoms with Gasteiger partial charge in [-0.1, -0.05) is 24.3 Å². The molecule has 8 heteroatoms. The number of hydrogen-bond donors (Lipinski definition) is 3. The van der Waals surface area contributed by atoms with Crippen molar-refractivity contribution < 1.29 is 0 Å². The molecule has 4 aromatic heterocycles. The summed E-state index contributed by atoms with van der Waals surface area (Å²) in [4.78, 5) is 13.5. The fourth-order valence-corrected chi connectivity index (χ4v) is 6.08. The lowest BCUT2D eigenvalue weighted by Gasteiger charge is -2.10. The van der Waals surface area contributed by atoms with E-state index in [1.54, 1.807) is 29.0 Å². The summed E-state index contributed by atoms with van der Waals surface area (Å²) in [5.41, 5.74) is 3.98. The molecule has 0 saturated heterocycles. The van der Waals surface area contributed by atoms with E-state index in [0.717, 1.165) is 41.2 Å². The summed E-state index contributed by atoms with van der Waals surface area (Å²) in [6.45, 7) is 0.827. The largest absolute Gasteiger partial charge is 0.369 e. The molecule has 4 heterocycles. The summed E-state index contributed by atoms with van der Waals surface area (Å²) in [6, 6.07) is 21.2. The number of hydrogen-bond acceptors (Lipinski definition) is 5. The summed E-state index contributed by atoms with van der Waals surface area (Å²) in [5.74, 6) is 0.947. The van der Waals surface area contributed by atoms with Gasteiger partial charge in [0.25, 0.3) is 0 Å². The van der Waals surface area contributed by atoms with E-state index >= 15 is 0 Å². The van der Waals surface area contributed by atoms with Gasteiger partial charge in [0.05, 0.1) is 27.9 Å². The molecule has 0 saturated carbocycles. The Labute approximate surface area is 197 Å². The molecule has 5 nitrogen and oxygen atoms in total. The van der Waals surface area contributed by atoms with Gasteiger partial charge in [-0.15, -0.1) is 22.7 Å². The minimum atomic E-state index is 0.662. The lowest BCUT2D eigenvalue weighted by Crippen LogP contribution is -2.06. The first-order chi connectivity index (χ1) is 15.8. The van der Waals surface area contributed by atoms with Crippen LogP contribution in [0.25, 0.3) is 37.4 Å². The Bertz CT molecular complexity index is 1550. The first-order valence-corrected chi connectivity index (χ1v) is 12.4. The molecule has 158 valence electrons. The molecule has 0 unspecified atom stereocenters. The zero-order chi connectivity index (χ0) is 21.5. The third-order valence-corrected chi connectivity index (χ3v) is 7.81. The second-order valence-corrected chi connectivity index (χ2v) is 10.0. The molecule has 6 rings (SSSR count). The third-order valence-electron chi connectivity index (χ3n) is 5.47. The zero-order valence-electron chi connectivity index (χ0n) is 17.0. The number of rotatable bonds is 6. The maximum absolute atomic E-state index is 5.80. The highest BCUT2D eigenvalue weighted by atomic mass is 32.1. The average Bonchev–Trinajstić information content (AvgIpc) is 3.59. The molecule has 0 aliphatic heterocycles. The Morgan fingerprint density at radius 3 is 2.88 bits per heavy atom. The average molecular weight is 474 g/mol. The Hall–Kier alpha value is -3.20. The van der Waals surface area contributed by atoms with Gasteiger partial charge in [0, 0.05) is 16.1 Å². The van der Waals surface area contributed by atoms with Crippen LogP contribution in [0.1, 0.15) is 4.88 Å². The molecule has 3 N–H and O–H groups in total. The molecular formula is C24H19N5S3. The van der Waals surface area contributed by atoms with Crippen molar-refractivity contribution in [3.63, 3.8) is 0 Å². The summed E-state index contributed by atoms with van der Waals surface area (Å²) in [6.07, 6.45) is 2.69. The maximum Gasteiger partial charge on any atom is 0.183 e. The van der Waals surface area contributed by atoms with E-state index in [2.05, 4.69) is 84.8 Å². The van der Waals surface area contributed by atoms with Crippen LogP contribution >= 0.6 is 34.9 Å². The van der Waals surface area contributed by atoms with Crippen molar-refractivity contribution in [2.24, 2.45) is 0 Å². The normalized spacial score (nSPS) is 11.5. The summed E-state index contributed by atoms with van der Waals surface area (Å²) in [5, 5.41) is 6.96. The van der Waals surface area contributed by atoms with E-state index in [0.29, 0.717) is 4.77 Å². The molecular weight excluding hydrogens is 455 g/mol. The first-order valence-electron chi connectivity index (χ1n) is 10.3. The fourth-order valence-electron chi connectivity index (χ4n) is 3.97. The number of nitrogens with zero attached hydrogens (tertiary/aromatic N) is 2. The lowest BCUT2D eigenvalue weighted by atomic mass is 10.2. The van der Waals surface area contributed by atoms with E-state index < -0.39 is 0 Å². The Morgan fingerprint density at radius 2 is 2.00 bits per heavy atom. The van der Waals surface area contributed by atoms with Crippen molar-refractivity contribution in [3.8, 4) is 16.3 Å². The number of nitrogens with one attached hydrogen (secondary N) is 3. The zero-order valence-corrected chi connectivity index (χ0v) is 19.4. The maximum atomic E-state index is 5.80. The van der Waals surface area contributed by atoms with Crippen molar-refractivity contribution in [2.75, 3.05) is 11.9 Å². The number of H-pyrrole nitrogens is 2. The number of fused-ring (bicyclic) bond motifs is 2. The molecule has 0 spiro atoms. The van der Waals surface area contributed by atoms with Gasteiger partial charge in [0.15, 0.2) is 4.77 Å². The Morgan fingerprint density at radius 1 is 1.06 bits per heavy atom. The van der Waals surface area contributed by atoms with Crippen molar-refractivity contribution in [3.05, 3.63) is 82.0 Å². The van der Waals surface area contributed by atoms with Gasteiger partial charge in [-0.05, 0) is 65.8 Å². The minimum absolute atomic E-state index is 0.662. The molecule has 0 atom stereocenters. The Kier molecular flexibility index (Phi) is 4.90. The number of imidazole rings is 2. The van der Waals surface area contributed by atoms with Crippen LogP contribution in [0.15, 0.2) is 72.4 Å². The topological polar surface area (TPSA) is 61.4 Å². The quantitative estimate of drug-likeness (QED) is 0.228. The van der Waals surface area contributed by atoms with Gasteiger partial charge in [0.2, 0.25) is 0 Å². The highest BCUT2D eigenvalue weighted by Crippen LogP contribution is 2.39. The highest BCUT2D eigenvalue weighted by molar-refractivity contribution is 7.71. The van der Waals surface area contributed by atoms with Crippen molar-refractivity contribution in [1.82, 2.24) is 19.5 Å². The fraction of sp³-hybridized carbons (Fsp3) is 0.0833. The SMILES string of the molecule is S=c1[nH]c(NCCc2cccs2)c(-c2cc3ccccc3s2)n1-c1ccc2nc[nH]c2c1. The van der Waals surface area contributed by atoms with Crippen LogP contribution in [0, 0.1) is 4.77 Å². The molecule has 0 aliphatic carbocycles. The van der Waals surface area contributed by atoms with Crippen molar-refractivity contribution in [2.45, 2.75) is 6.42 Å². The molecule has 0 bridgehead atoms. The Balaban J connectivity index is 1.48. The van der Waals surface area contributed by atoms with Gasteiger partial charge in [-0.3, -0.25) is 4.57 Å². The molecule has 0 radical (unpaired) electrons. The van der Waals surface area contributed by atoms with Gasteiger partial charge >= 0.3 is 0 Å². The molecule has 2 aromatic carbocycles. The molecule has 6 aromatic rings. The summed E-state index contributed by atoms with van der Waals surface area (Å²) >= 11 is 9.37. The first kappa shape index (κ1) is 19.5. The van der Waals surface area contributed by atoms with Crippen LogP contribution in [-0.4, -0.2) is 26.1 Å². The van der Waals surface area contributed by atoms with Crippen LogP contribution in [0.3, 0.4) is 0 Å². The predicted octanol–water partition coefficient (Wildman–Crippen LogP) is 7.01. The molecule has 0 aliphatic rings. The molecule has 0 amide bonds.